The van der Waals surface area contributed by atoms with Gasteiger partial charge in [-0.15, -0.1) is 0 Å². The second-order valence-corrected chi connectivity index (χ2v) is 5.03. The maximum Gasteiger partial charge on any atom is 0.322 e. The fraction of sp³-hybridized carbons (Fsp3) is 0.429. The van der Waals surface area contributed by atoms with Crippen LogP contribution in [0.4, 0.5) is 10.5 Å². The second kappa shape index (κ2) is 5.30. The van der Waals surface area contributed by atoms with E-state index in [0.717, 1.165) is 24.9 Å². The van der Waals surface area contributed by atoms with Gasteiger partial charge < -0.3 is 10.4 Å². The minimum Gasteiger partial charge on any atom is -0.481 e. The monoisotopic (exact) mass is 262 g/mol. The Hall–Kier alpha value is -2.04. The lowest BCUT2D eigenvalue weighted by atomic mass is 9.74. The lowest BCUT2D eigenvalue weighted by Crippen LogP contribution is -2.57. The van der Waals surface area contributed by atoms with E-state index in [4.69, 9.17) is 5.11 Å². The summed E-state index contributed by atoms with van der Waals surface area (Å²) in [6.07, 6.45) is 2.41. The largest absolute Gasteiger partial charge is 0.481 e. The molecule has 0 atom stereocenters. The summed E-state index contributed by atoms with van der Waals surface area (Å²) in [7, 11) is 1.68. The lowest BCUT2D eigenvalue weighted by molar-refractivity contribution is -0.139. The molecule has 102 valence electrons. The van der Waals surface area contributed by atoms with Gasteiger partial charge in [0.25, 0.3) is 0 Å². The lowest BCUT2D eigenvalue weighted by Gasteiger charge is -2.42. The van der Waals surface area contributed by atoms with Gasteiger partial charge >= 0.3 is 12.0 Å². The summed E-state index contributed by atoms with van der Waals surface area (Å²) in [6, 6.07) is 9.01. The van der Waals surface area contributed by atoms with Gasteiger partial charge in [0.1, 0.15) is 0 Å². The molecule has 1 fully saturated rings. The second-order valence-electron chi connectivity index (χ2n) is 5.03. The molecule has 1 aliphatic rings. The zero-order valence-electron chi connectivity index (χ0n) is 10.9. The number of nitrogens with zero attached hydrogens (tertiary/aromatic N) is 1. The van der Waals surface area contributed by atoms with Crippen LogP contribution in [0.15, 0.2) is 30.3 Å². The van der Waals surface area contributed by atoms with Crippen LogP contribution in [0, 0.1) is 0 Å². The highest BCUT2D eigenvalue weighted by molar-refractivity contribution is 5.92. The summed E-state index contributed by atoms with van der Waals surface area (Å²) < 4.78 is 0. The number of hydrogen-bond acceptors (Lipinski definition) is 2. The molecule has 0 unspecified atom stereocenters. The van der Waals surface area contributed by atoms with Crippen LogP contribution >= 0.6 is 0 Å². The Balaban J connectivity index is 2.02. The van der Waals surface area contributed by atoms with E-state index in [2.05, 4.69) is 5.32 Å². The highest BCUT2D eigenvalue weighted by Crippen LogP contribution is 2.35. The van der Waals surface area contributed by atoms with Crippen molar-refractivity contribution in [2.24, 2.45) is 0 Å². The van der Waals surface area contributed by atoms with Crippen LogP contribution in [0.25, 0.3) is 0 Å². The van der Waals surface area contributed by atoms with Gasteiger partial charge in [0.05, 0.1) is 12.0 Å². The number of carboxylic acids is 1. The first-order chi connectivity index (χ1) is 9.02. The molecule has 1 aliphatic carbocycles. The maximum absolute atomic E-state index is 12.2. The summed E-state index contributed by atoms with van der Waals surface area (Å²) in [4.78, 5) is 24.5. The van der Waals surface area contributed by atoms with Crippen LogP contribution in [0.5, 0.6) is 0 Å². The number of amides is 2. The number of benzene rings is 1. The molecule has 1 aromatic rings. The van der Waals surface area contributed by atoms with Gasteiger partial charge in [0.15, 0.2) is 0 Å². The molecular formula is C14H18N2O3. The van der Waals surface area contributed by atoms with Crippen molar-refractivity contribution in [1.29, 1.82) is 0 Å². The molecule has 0 spiro atoms. The third-order valence-corrected chi connectivity index (χ3v) is 3.62. The van der Waals surface area contributed by atoms with Crippen molar-refractivity contribution in [3.63, 3.8) is 0 Å². The molecule has 0 aromatic heterocycles. The molecule has 19 heavy (non-hydrogen) atoms. The number of rotatable bonds is 4. The normalized spacial score (nSPS) is 16.3. The molecule has 5 heteroatoms. The van der Waals surface area contributed by atoms with E-state index in [9.17, 15) is 9.59 Å². The fourth-order valence-electron chi connectivity index (χ4n) is 2.32. The highest BCUT2D eigenvalue weighted by atomic mass is 16.4. The topological polar surface area (TPSA) is 69.6 Å². The molecular weight excluding hydrogens is 244 g/mol. The minimum absolute atomic E-state index is 0.0125. The smallest absolute Gasteiger partial charge is 0.322 e. The van der Waals surface area contributed by atoms with E-state index < -0.39 is 11.5 Å². The molecule has 5 nitrogen and oxygen atoms in total. The Morgan fingerprint density at radius 2 is 1.95 bits per heavy atom. The number of para-hydroxylation sites is 1. The number of carbonyl (C=O) groups is 2. The van der Waals surface area contributed by atoms with Gasteiger partial charge in [0, 0.05) is 12.7 Å². The fourth-order valence-corrected chi connectivity index (χ4v) is 2.32. The van der Waals surface area contributed by atoms with Crippen molar-refractivity contribution < 1.29 is 14.7 Å². The molecule has 0 aliphatic heterocycles. The zero-order valence-corrected chi connectivity index (χ0v) is 10.9. The first-order valence-corrected chi connectivity index (χ1v) is 6.35. The zero-order chi connectivity index (χ0) is 13.9. The average molecular weight is 262 g/mol. The molecule has 0 radical (unpaired) electrons. The quantitative estimate of drug-likeness (QED) is 0.874. The Morgan fingerprint density at radius 1 is 1.32 bits per heavy atom. The van der Waals surface area contributed by atoms with E-state index in [1.165, 1.54) is 4.90 Å². The molecule has 1 saturated carbocycles. The number of aliphatic carboxylic acids is 1. The summed E-state index contributed by atoms with van der Waals surface area (Å²) in [6.45, 7) is 0. The van der Waals surface area contributed by atoms with Crippen molar-refractivity contribution in [2.75, 3.05) is 11.9 Å². The SMILES string of the molecule is CN(C(=O)NC1(CC(=O)O)CCC1)c1ccccc1. The molecule has 1 aromatic carbocycles. The summed E-state index contributed by atoms with van der Waals surface area (Å²) in [5.41, 5.74) is 0.219. The maximum atomic E-state index is 12.2. The third kappa shape index (κ3) is 3.05. The number of nitrogens with one attached hydrogen (secondary N) is 1. The van der Waals surface area contributed by atoms with Crippen LogP contribution in [-0.2, 0) is 4.79 Å². The standard InChI is InChI=1S/C14H18N2O3/c1-16(11-6-3-2-4-7-11)13(19)15-14(8-5-9-14)10-12(17)18/h2-4,6-7H,5,8-10H2,1H3,(H,15,19)(H,17,18). The number of urea groups is 1. The molecule has 2 rings (SSSR count). The Labute approximate surface area is 112 Å². The highest BCUT2D eigenvalue weighted by Gasteiger charge is 2.40. The van der Waals surface area contributed by atoms with Crippen LogP contribution in [-0.4, -0.2) is 29.7 Å². The minimum atomic E-state index is -0.873. The number of anilines is 1. The average Bonchev–Trinajstić information content (AvgIpc) is 2.35. The van der Waals surface area contributed by atoms with Gasteiger partial charge in [-0.2, -0.15) is 0 Å². The summed E-state index contributed by atoms with van der Waals surface area (Å²) >= 11 is 0. The Morgan fingerprint density at radius 3 is 2.42 bits per heavy atom. The van der Waals surface area contributed by atoms with Crippen molar-refractivity contribution >= 4 is 17.7 Å². The van der Waals surface area contributed by atoms with Crippen molar-refractivity contribution in [2.45, 2.75) is 31.2 Å². The van der Waals surface area contributed by atoms with Crippen molar-refractivity contribution in [3.8, 4) is 0 Å². The molecule has 0 bridgehead atoms. The number of carboxylic acid groups (broad SMARTS) is 1. The Kier molecular flexibility index (Phi) is 3.74. The molecule has 2 amide bonds. The van der Waals surface area contributed by atoms with E-state index in [0.29, 0.717) is 0 Å². The van der Waals surface area contributed by atoms with Gasteiger partial charge in [-0.3, -0.25) is 9.69 Å². The van der Waals surface area contributed by atoms with Gasteiger partial charge in [-0.1, -0.05) is 18.2 Å². The van der Waals surface area contributed by atoms with Gasteiger partial charge in [0.2, 0.25) is 0 Å². The number of hydrogen-bond donors (Lipinski definition) is 2. The third-order valence-electron chi connectivity index (χ3n) is 3.62. The van der Waals surface area contributed by atoms with Crippen LogP contribution in [0.2, 0.25) is 0 Å². The molecule has 0 saturated heterocycles. The van der Waals surface area contributed by atoms with Gasteiger partial charge in [-0.25, -0.2) is 4.79 Å². The van der Waals surface area contributed by atoms with Crippen LogP contribution in [0.3, 0.4) is 0 Å². The van der Waals surface area contributed by atoms with E-state index in [1.807, 2.05) is 30.3 Å². The van der Waals surface area contributed by atoms with E-state index >= 15 is 0 Å². The number of carbonyl (C=O) groups excluding carboxylic acids is 1. The predicted octanol–water partition coefficient (Wildman–Crippen LogP) is 2.23. The first-order valence-electron chi connectivity index (χ1n) is 6.35. The van der Waals surface area contributed by atoms with Crippen LogP contribution in [0.1, 0.15) is 25.7 Å². The Bertz CT molecular complexity index is 469. The van der Waals surface area contributed by atoms with Crippen molar-refractivity contribution in [1.82, 2.24) is 5.32 Å². The van der Waals surface area contributed by atoms with Crippen LogP contribution < -0.4 is 10.2 Å². The molecule has 0 heterocycles. The van der Waals surface area contributed by atoms with E-state index in [1.54, 1.807) is 7.05 Å². The molecule has 2 N–H and O–H groups in total. The first kappa shape index (κ1) is 13.4. The summed E-state index contributed by atoms with van der Waals surface area (Å²) in [5, 5.41) is 11.8. The predicted molar refractivity (Wildman–Crippen MR) is 72.2 cm³/mol. The van der Waals surface area contributed by atoms with Crippen molar-refractivity contribution in [3.05, 3.63) is 30.3 Å². The summed E-state index contributed by atoms with van der Waals surface area (Å²) in [5.74, 6) is -0.873. The van der Waals surface area contributed by atoms with Gasteiger partial charge in [-0.05, 0) is 31.4 Å². The van der Waals surface area contributed by atoms with E-state index in [-0.39, 0.29) is 12.5 Å².